The van der Waals surface area contributed by atoms with E-state index in [1.165, 1.54) is 23.8 Å². The summed E-state index contributed by atoms with van der Waals surface area (Å²) in [7, 11) is 0. The number of nitrogens with one attached hydrogen (secondary N) is 1. The van der Waals surface area contributed by atoms with E-state index >= 15 is 0 Å². The van der Waals surface area contributed by atoms with Gasteiger partial charge in [0.15, 0.2) is 0 Å². The van der Waals surface area contributed by atoms with E-state index in [0.717, 1.165) is 18.6 Å². The summed E-state index contributed by atoms with van der Waals surface area (Å²) in [5.41, 5.74) is 2.42. The van der Waals surface area contributed by atoms with E-state index in [4.69, 9.17) is 0 Å². The number of fused-ring (bicyclic) bond motifs is 1. The molecule has 1 fully saturated rings. The molecule has 2 heterocycles. The van der Waals surface area contributed by atoms with Gasteiger partial charge in [0.05, 0.1) is 11.6 Å². The van der Waals surface area contributed by atoms with Crippen molar-refractivity contribution in [1.29, 1.82) is 0 Å². The van der Waals surface area contributed by atoms with E-state index < -0.39 is 0 Å². The molecule has 3 heteroatoms. The number of hydrogen-bond donors (Lipinski definition) is 1. The van der Waals surface area contributed by atoms with E-state index in [0.29, 0.717) is 6.04 Å². The van der Waals surface area contributed by atoms with Gasteiger partial charge in [0.1, 0.15) is 0 Å². The zero-order valence-corrected chi connectivity index (χ0v) is 9.61. The number of rotatable bonds is 1. The first kappa shape index (κ1) is 9.85. The topological polar surface area (TPSA) is 29.9 Å². The zero-order chi connectivity index (χ0) is 11.0. The van der Waals surface area contributed by atoms with Crippen LogP contribution in [0.4, 0.5) is 0 Å². The minimum absolute atomic E-state index is 0.578. The molecule has 1 aromatic carbocycles. The fraction of sp³-hybridized carbons (Fsp3) is 0.462. The first-order valence-corrected chi connectivity index (χ1v) is 5.99. The van der Waals surface area contributed by atoms with E-state index in [1.54, 1.807) is 0 Å². The van der Waals surface area contributed by atoms with Crippen molar-refractivity contribution in [2.24, 2.45) is 0 Å². The average Bonchev–Trinajstić information content (AvgIpc) is 2.73. The zero-order valence-electron chi connectivity index (χ0n) is 9.61. The van der Waals surface area contributed by atoms with Gasteiger partial charge < -0.3 is 5.32 Å². The maximum absolute atomic E-state index is 4.67. The van der Waals surface area contributed by atoms with Gasteiger partial charge >= 0.3 is 0 Å². The molecule has 0 spiro atoms. The first-order valence-electron chi connectivity index (χ1n) is 5.99. The lowest BCUT2D eigenvalue weighted by Gasteiger charge is -2.22. The van der Waals surface area contributed by atoms with Crippen LogP contribution in [-0.2, 0) is 0 Å². The maximum atomic E-state index is 4.67. The molecule has 1 aliphatic rings. The Balaban J connectivity index is 1.97. The van der Waals surface area contributed by atoms with E-state index in [-0.39, 0.29) is 0 Å². The Labute approximate surface area is 95.5 Å². The first-order chi connectivity index (χ1) is 7.83. The van der Waals surface area contributed by atoms with Crippen molar-refractivity contribution < 1.29 is 0 Å². The highest BCUT2D eigenvalue weighted by Crippen LogP contribution is 2.21. The molecule has 16 heavy (non-hydrogen) atoms. The predicted octanol–water partition coefficient (Wildman–Crippen LogP) is 2.27. The highest BCUT2D eigenvalue weighted by Gasteiger charge is 2.15. The molecule has 1 saturated heterocycles. The van der Waals surface area contributed by atoms with E-state index in [9.17, 15) is 0 Å². The molecule has 1 aliphatic heterocycles. The van der Waals surface area contributed by atoms with Crippen LogP contribution < -0.4 is 5.32 Å². The van der Waals surface area contributed by atoms with Crippen molar-refractivity contribution in [3.8, 4) is 0 Å². The molecule has 3 rings (SSSR count). The van der Waals surface area contributed by atoms with Gasteiger partial charge in [0.25, 0.3) is 0 Å². The molecule has 1 aromatic heterocycles. The standard InChI is InChI=1S/C13H17N3/c1-10-2-3-13-11(8-10)9-16(15-13)12-4-6-14-7-5-12/h2-3,8-9,12,14H,4-7H2,1H3. The third kappa shape index (κ3) is 1.71. The summed E-state index contributed by atoms with van der Waals surface area (Å²) in [5.74, 6) is 0. The Kier molecular flexibility index (Phi) is 2.40. The van der Waals surface area contributed by atoms with Gasteiger partial charge in [-0.1, -0.05) is 11.6 Å². The Hall–Kier alpha value is -1.35. The smallest absolute Gasteiger partial charge is 0.0923 e. The van der Waals surface area contributed by atoms with Gasteiger partial charge in [0.2, 0.25) is 0 Å². The second-order valence-corrected chi connectivity index (χ2v) is 4.65. The van der Waals surface area contributed by atoms with Gasteiger partial charge in [-0.2, -0.15) is 5.10 Å². The van der Waals surface area contributed by atoms with Gasteiger partial charge in [-0.25, -0.2) is 0 Å². The average molecular weight is 215 g/mol. The molecule has 84 valence electrons. The second-order valence-electron chi connectivity index (χ2n) is 4.65. The highest BCUT2D eigenvalue weighted by molar-refractivity contribution is 5.78. The lowest BCUT2D eigenvalue weighted by molar-refractivity contribution is 0.345. The Morgan fingerprint density at radius 3 is 2.94 bits per heavy atom. The number of aromatic nitrogens is 2. The van der Waals surface area contributed by atoms with Crippen molar-refractivity contribution in [3.05, 3.63) is 30.0 Å². The lowest BCUT2D eigenvalue weighted by atomic mass is 10.1. The predicted molar refractivity (Wildman–Crippen MR) is 65.6 cm³/mol. The molecule has 0 radical (unpaired) electrons. The van der Waals surface area contributed by atoms with Gasteiger partial charge in [-0.05, 0) is 45.0 Å². The fourth-order valence-electron chi connectivity index (χ4n) is 2.42. The molecule has 0 aliphatic carbocycles. The van der Waals surface area contributed by atoms with Crippen LogP contribution in [0.5, 0.6) is 0 Å². The second kappa shape index (κ2) is 3.91. The third-order valence-corrected chi connectivity index (χ3v) is 3.36. The Morgan fingerprint density at radius 2 is 2.12 bits per heavy atom. The molecule has 2 aromatic rings. The molecule has 1 N–H and O–H groups in total. The number of aryl methyl sites for hydroxylation is 1. The van der Waals surface area contributed by atoms with Crippen LogP contribution in [0.15, 0.2) is 24.4 Å². The van der Waals surface area contributed by atoms with Crippen LogP contribution in [0, 0.1) is 6.92 Å². The van der Waals surface area contributed by atoms with Crippen LogP contribution in [0.25, 0.3) is 10.9 Å². The number of hydrogen-bond acceptors (Lipinski definition) is 2. The monoisotopic (exact) mass is 215 g/mol. The summed E-state index contributed by atoms with van der Waals surface area (Å²) < 4.78 is 2.16. The number of piperidine rings is 1. The molecule has 0 bridgehead atoms. The van der Waals surface area contributed by atoms with Crippen LogP contribution in [0.3, 0.4) is 0 Å². The van der Waals surface area contributed by atoms with Crippen molar-refractivity contribution in [3.63, 3.8) is 0 Å². The highest BCUT2D eigenvalue weighted by atomic mass is 15.3. The number of benzene rings is 1. The SMILES string of the molecule is Cc1ccc2nn(C3CCNCC3)cc2c1. The minimum atomic E-state index is 0.578. The van der Waals surface area contributed by atoms with Crippen molar-refractivity contribution >= 4 is 10.9 Å². The van der Waals surface area contributed by atoms with Crippen molar-refractivity contribution in [2.75, 3.05) is 13.1 Å². The third-order valence-electron chi connectivity index (χ3n) is 3.36. The van der Waals surface area contributed by atoms with Crippen LogP contribution >= 0.6 is 0 Å². The number of nitrogens with zero attached hydrogens (tertiary/aromatic N) is 2. The quantitative estimate of drug-likeness (QED) is 0.791. The molecular formula is C13H17N3. The molecule has 0 amide bonds. The fourth-order valence-corrected chi connectivity index (χ4v) is 2.42. The molecule has 0 unspecified atom stereocenters. The van der Waals surface area contributed by atoms with Gasteiger partial charge in [-0.3, -0.25) is 4.68 Å². The van der Waals surface area contributed by atoms with Gasteiger partial charge in [-0.15, -0.1) is 0 Å². The minimum Gasteiger partial charge on any atom is -0.317 e. The van der Waals surface area contributed by atoms with E-state index in [2.05, 4.69) is 46.4 Å². The normalized spacial score (nSPS) is 18.1. The van der Waals surface area contributed by atoms with Crippen LogP contribution in [-0.4, -0.2) is 22.9 Å². The molecule has 0 atom stereocenters. The Bertz CT molecular complexity index is 495. The van der Waals surface area contributed by atoms with Crippen LogP contribution in [0.1, 0.15) is 24.4 Å². The largest absolute Gasteiger partial charge is 0.317 e. The summed E-state index contributed by atoms with van der Waals surface area (Å²) in [6.07, 6.45) is 4.57. The molecular weight excluding hydrogens is 198 g/mol. The summed E-state index contributed by atoms with van der Waals surface area (Å²) in [5, 5.41) is 9.32. The summed E-state index contributed by atoms with van der Waals surface area (Å²) in [4.78, 5) is 0. The van der Waals surface area contributed by atoms with E-state index in [1.807, 2.05) is 0 Å². The Morgan fingerprint density at radius 1 is 1.31 bits per heavy atom. The van der Waals surface area contributed by atoms with Crippen LogP contribution in [0.2, 0.25) is 0 Å². The maximum Gasteiger partial charge on any atom is 0.0923 e. The van der Waals surface area contributed by atoms with Crippen molar-refractivity contribution in [2.45, 2.75) is 25.8 Å². The van der Waals surface area contributed by atoms with Crippen molar-refractivity contribution in [1.82, 2.24) is 15.1 Å². The lowest BCUT2D eigenvalue weighted by Crippen LogP contribution is -2.29. The summed E-state index contributed by atoms with van der Waals surface area (Å²) >= 11 is 0. The summed E-state index contributed by atoms with van der Waals surface area (Å²) in [6, 6.07) is 7.03. The molecule has 0 saturated carbocycles. The summed E-state index contributed by atoms with van der Waals surface area (Å²) in [6.45, 7) is 4.35. The van der Waals surface area contributed by atoms with Gasteiger partial charge in [0, 0.05) is 11.6 Å². The molecule has 3 nitrogen and oxygen atoms in total.